The molecule has 0 radical (unpaired) electrons. The number of nitrogens with zero attached hydrogens (tertiary/aromatic N) is 2. The van der Waals surface area contributed by atoms with Crippen molar-refractivity contribution in [1.29, 1.82) is 0 Å². The molecule has 3 aromatic rings. The summed E-state index contributed by atoms with van der Waals surface area (Å²) < 4.78 is 16.5. The number of amides is 2. The molecule has 0 fully saturated rings. The van der Waals surface area contributed by atoms with E-state index in [0.717, 1.165) is 5.56 Å². The van der Waals surface area contributed by atoms with Gasteiger partial charge in [0, 0.05) is 24.5 Å². The Morgan fingerprint density at radius 2 is 1.86 bits per heavy atom. The van der Waals surface area contributed by atoms with Crippen LogP contribution in [0.15, 0.2) is 64.5 Å². The third-order valence-corrected chi connectivity index (χ3v) is 6.06. The van der Waals surface area contributed by atoms with Gasteiger partial charge in [0.2, 0.25) is 18.6 Å². The molecule has 1 aromatic heterocycles. The Morgan fingerprint density at radius 1 is 1.06 bits per heavy atom. The highest BCUT2D eigenvalue weighted by Gasteiger charge is 2.23. The maximum absolute atomic E-state index is 13.5. The molecule has 4 rings (SSSR count). The summed E-state index contributed by atoms with van der Waals surface area (Å²) in [6.07, 6.45) is 3.95. The quantitative estimate of drug-likeness (QED) is 0.373. The molecule has 0 unspecified atom stereocenters. The first-order chi connectivity index (χ1) is 17.4. The molecule has 0 saturated heterocycles. The van der Waals surface area contributed by atoms with Gasteiger partial charge in [0.15, 0.2) is 16.9 Å². The number of hydrogen-bond donors (Lipinski definition) is 0. The summed E-state index contributed by atoms with van der Waals surface area (Å²) in [5, 5.41) is 0.747. The molecule has 188 valence electrons. The summed E-state index contributed by atoms with van der Waals surface area (Å²) in [5.41, 5.74) is 1.22. The van der Waals surface area contributed by atoms with Crippen molar-refractivity contribution >= 4 is 34.4 Å². The molecule has 0 bridgehead atoms. The molecule has 0 N–H and O–H groups in total. The van der Waals surface area contributed by atoms with Gasteiger partial charge in [0.05, 0.1) is 23.8 Å². The van der Waals surface area contributed by atoms with Gasteiger partial charge in [-0.15, -0.1) is 6.58 Å². The number of carbonyl (C=O) groups excluding carboxylic acids is 2. The molecule has 2 aromatic carbocycles. The molecule has 9 heteroatoms. The number of ether oxygens (including phenoxy) is 2. The zero-order valence-electron chi connectivity index (χ0n) is 20.0. The second-order valence-electron chi connectivity index (χ2n) is 8.48. The molecule has 8 nitrogen and oxygen atoms in total. The number of hydrogen-bond acceptors (Lipinski definition) is 6. The maximum atomic E-state index is 13.5. The Bertz CT molecular complexity index is 1350. The number of carbonyl (C=O) groups is 2. The average Bonchev–Trinajstić information content (AvgIpc) is 3.33. The van der Waals surface area contributed by atoms with Crippen molar-refractivity contribution in [3.8, 4) is 11.5 Å². The lowest BCUT2D eigenvalue weighted by Gasteiger charge is -2.27. The smallest absolute Gasteiger partial charge is 0.242 e. The van der Waals surface area contributed by atoms with Crippen LogP contribution in [0.3, 0.4) is 0 Å². The summed E-state index contributed by atoms with van der Waals surface area (Å²) in [7, 11) is 0. The third kappa shape index (κ3) is 5.71. The minimum absolute atomic E-state index is 0.0119. The van der Waals surface area contributed by atoms with Crippen LogP contribution >= 0.6 is 11.6 Å². The number of fused-ring (bicyclic) bond motifs is 2. The Kier molecular flexibility index (Phi) is 7.95. The Morgan fingerprint density at radius 3 is 2.64 bits per heavy atom. The van der Waals surface area contributed by atoms with E-state index >= 15 is 0 Å². The van der Waals surface area contributed by atoms with E-state index in [2.05, 4.69) is 6.58 Å². The molecule has 0 aliphatic carbocycles. The predicted molar refractivity (Wildman–Crippen MR) is 136 cm³/mol. The fourth-order valence-corrected chi connectivity index (χ4v) is 4.17. The van der Waals surface area contributed by atoms with Crippen molar-refractivity contribution in [3.05, 3.63) is 81.7 Å². The Hall–Kier alpha value is -3.78. The van der Waals surface area contributed by atoms with Crippen LogP contribution in [0.1, 0.15) is 30.9 Å². The summed E-state index contributed by atoms with van der Waals surface area (Å²) in [6, 6.07) is 10.2. The van der Waals surface area contributed by atoms with Gasteiger partial charge in [-0.3, -0.25) is 14.4 Å². The molecule has 36 heavy (non-hydrogen) atoms. The fraction of sp³-hybridized carbons (Fsp3) is 0.296. The average molecular weight is 511 g/mol. The zero-order chi connectivity index (χ0) is 25.7. The van der Waals surface area contributed by atoms with E-state index in [0.29, 0.717) is 45.9 Å². The lowest BCUT2D eigenvalue weighted by Crippen LogP contribution is -2.43. The highest BCUT2D eigenvalue weighted by molar-refractivity contribution is 6.31. The zero-order valence-corrected chi connectivity index (χ0v) is 20.8. The van der Waals surface area contributed by atoms with Crippen molar-refractivity contribution in [2.45, 2.75) is 32.9 Å². The topological polar surface area (TPSA) is 89.3 Å². The fourth-order valence-electron chi connectivity index (χ4n) is 4.00. The van der Waals surface area contributed by atoms with Crippen LogP contribution in [0, 0.1) is 0 Å². The normalized spacial score (nSPS) is 11.9. The van der Waals surface area contributed by atoms with Gasteiger partial charge >= 0.3 is 0 Å². The van der Waals surface area contributed by atoms with Gasteiger partial charge in [-0.2, -0.15) is 0 Å². The molecule has 1 aliphatic rings. The van der Waals surface area contributed by atoms with Crippen molar-refractivity contribution in [2.24, 2.45) is 0 Å². The third-order valence-electron chi connectivity index (χ3n) is 5.82. The SMILES string of the molecule is C=CCN(CC(=O)N(Cc1ccc2c(c1)OCO2)Cc1coc2ccc(Cl)cc2c1=O)C(=O)CCC. The second-order valence-corrected chi connectivity index (χ2v) is 8.92. The van der Waals surface area contributed by atoms with Crippen LogP contribution in [0.5, 0.6) is 11.5 Å². The van der Waals surface area contributed by atoms with E-state index in [1.165, 1.54) is 16.1 Å². The van der Waals surface area contributed by atoms with Crippen molar-refractivity contribution < 1.29 is 23.5 Å². The van der Waals surface area contributed by atoms with Gasteiger partial charge in [0.1, 0.15) is 12.1 Å². The van der Waals surface area contributed by atoms with Crippen LogP contribution in [0.2, 0.25) is 5.02 Å². The summed E-state index contributed by atoms with van der Waals surface area (Å²) in [6.45, 7) is 6.03. The molecule has 0 spiro atoms. The van der Waals surface area contributed by atoms with E-state index < -0.39 is 0 Å². The highest BCUT2D eigenvalue weighted by Crippen LogP contribution is 2.33. The highest BCUT2D eigenvalue weighted by atomic mass is 35.5. The Labute approximate surface area is 213 Å². The number of halogens is 1. The first-order valence-corrected chi connectivity index (χ1v) is 12.0. The second kappa shape index (κ2) is 11.3. The van der Waals surface area contributed by atoms with Crippen LogP contribution in [-0.2, 0) is 22.7 Å². The molecule has 1 aliphatic heterocycles. The van der Waals surface area contributed by atoms with E-state index in [1.807, 2.05) is 13.0 Å². The van der Waals surface area contributed by atoms with Gasteiger partial charge < -0.3 is 23.7 Å². The molecule has 2 amide bonds. The lowest BCUT2D eigenvalue weighted by atomic mass is 10.1. The standard InChI is InChI=1S/C27H27ClN2O6/c1-3-5-25(31)29(10-4-2)15-26(32)30(13-18-6-8-23-24(11-18)36-17-35-23)14-19-16-34-22-9-7-20(28)12-21(22)27(19)33/h4,6-9,11-12,16H,2-3,5,10,13-15,17H2,1H3. The molecule has 0 atom stereocenters. The van der Waals surface area contributed by atoms with Gasteiger partial charge in [-0.1, -0.05) is 30.7 Å². The van der Waals surface area contributed by atoms with E-state index in [-0.39, 0.29) is 50.2 Å². The van der Waals surface area contributed by atoms with E-state index in [9.17, 15) is 14.4 Å². The van der Waals surface area contributed by atoms with E-state index in [4.69, 9.17) is 25.5 Å². The summed E-state index contributed by atoms with van der Waals surface area (Å²) in [4.78, 5) is 42.2. The maximum Gasteiger partial charge on any atom is 0.242 e. The van der Waals surface area contributed by atoms with Crippen LogP contribution in [-0.4, -0.2) is 41.5 Å². The number of benzene rings is 2. The predicted octanol–water partition coefficient (Wildman–Crippen LogP) is 4.52. The van der Waals surface area contributed by atoms with Crippen molar-refractivity contribution in [3.63, 3.8) is 0 Å². The lowest BCUT2D eigenvalue weighted by molar-refractivity contribution is -0.140. The molecule has 2 heterocycles. The van der Waals surface area contributed by atoms with Crippen molar-refractivity contribution in [2.75, 3.05) is 19.9 Å². The minimum Gasteiger partial charge on any atom is -0.464 e. The summed E-state index contributed by atoms with van der Waals surface area (Å²) >= 11 is 6.08. The summed E-state index contributed by atoms with van der Waals surface area (Å²) in [5.74, 6) is 0.773. The van der Waals surface area contributed by atoms with Crippen LogP contribution < -0.4 is 14.9 Å². The van der Waals surface area contributed by atoms with Crippen LogP contribution in [0.25, 0.3) is 11.0 Å². The molecule has 0 saturated carbocycles. The first kappa shape index (κ1) is 25.3. The van der Waals surface area contributed by atoms with Crippen molar-refractivity contribution in [1.82, 2.24) is 9.80 Å². The molecular formula is C27H27ClN2O6. The largest absolute Gasteiger partial charge is 0.464 e. The molecular weight excluding hydrogens is 484 g/mol. The van der Waals surface area contributed by atoms with E-state index in [1.54, 1.807) is 36.4 Å². The van der Waals surface area contributed by atoms with Gasteiger partial charge in [-0.25, -0.2) is 0 Å². The monoisotopic (exact) mass is 510 g/mol. The number of rotatable bonds is 10. The van der Waals surface area contributed by atoms with Gasteiger partial charge in [-0.05, 0) is 42.3 Å². The van der Waals surface area contributed by atoms with Gasteiger partial charge in [0.25, 0.3) is 0 Å². The van der Waals surface area contributed by atoms with Crippen LogP contribution in [0.4, 0.5) is 0 Å². The first-order valence-electron chi connectivity index (χ1n) is 11.6. The Balaban J connectivity index is 1.64. The minimum atomic E-state index is -0.315.